The molecule has 4 nitrogen and oxygen atoms in total. The van der Waals surface area contributed by atoms with E-state index in [9.17, 15) is 9.59 Å². The average Bonchev–Trinajstić information content (AvgIpc) is 2.65. The minimum Gasteiger partial charge on any atom is -0.356 e. The number of hydrogen-bond acceptors (Lipinski definition) is 2. The fraction of sp³-hybridized carbons (Fsp3) is 0.800. The van der Waals surface area contributed by atoms with E-state index in [2.05, 4.69) is 11.4 Å². The van der Waals surface area contributed by atoms with Gasteiger partial charge < -0.3 is 10.2 Å². The van der Waals surface area contributed by atoms with Gasteiger partial charge in [0.15, 0.2) is 0 Å². The number of carbonyl (C=O) groups is 2. The van der Waals surface area contributed by atoms with Crippen LogP contribution in [0.5, 0.6) is 0 Å². The minimum atomic E-state index is 0.204. The third-order valence-corrected chi connectivity index (χ3v) is 5.92. The number of hydrogen-bond donors (Lipinski definition) is 1. The number of fused-ring (bicyclic) bond motifs is 1. The van der Waals surface area contributed by atoms with Crippen LogP contribution in [0.25, 0.3) is 0 Å². The number of carbonyl (C=O) groups excluding carboxylic acids is 2. The fourth-order valence-corrected chi connectivity index (χ4v) is 4.54. The smallest absolute Gasteiger partial charge is 0.226 e. The summed E-state index contributed by atoms with van der Waals surface area (Å²) >= 11 is 0. The van der Waals surface area contributed by atoms with Gasteiger partial charge >= 0.3 is 0 Å². The van der Waals surface area contributed by atoms with E-state index < -0.39 is 0 Å². The van der Waals surface area contributed by atoms with Crippen molar-refractivity contribution in [3.8, 4) is 0 Å². The second kappa shape index (κ2) is 8.68. The number of amides is 2. The maximum atomic E-state index is 12.6. The summed E-state index contributed by atoms with van der Waals surface area (Å²) in [5.74, 6) is 1.28. The maximum absolute atomic E-state index is 12.6. The summed E-state index contributed by atoms with van der Waals surface area (Å²) < 4.78 is 0. The lowest BCUT2D eigenvalue weighted by Gasteiger charge is -2.38. The molecule has 24 heavy (non-hydrogen) atoms. The van der Waals surface area contributed by atoms with Gasteiger partial charge in [0.2, 0.25) is 11.8 Å². The van der Waals surface area contributed by atoms with E-state index in [4.69, 9.17) is 0 Å². The Kier molecular flexibility index (Phi) is 6.33. The largest absolute Gasteiger partial charge is 0.356 e. The minimum absolute atomic E-state index is 0.204. The Balaban J connectivity index is 1.39. The lowest BCUT2D eigenvalue weighted by Crippen LogP contribution is -2.39. The molecule has 0 aromatic carbocycles. The van der Waals surface area contributed by atoms with Gasteiger partial charge in [0.1, 0.15) is 0 Å². The molecule has 4 heteroatoms. The normalized spacial score (nSPS) is 24.9. The average molecular weight is 332 g/mol. The third-order valence-electron chi connectivity index (χ3n) is 5.92. The van der Waals surface area contributed by atoms with Crippen LogP contribution in [-0.2, 0) is 9.59 Å². The van der Waals surface area contributed by atoms with Crippen LogP contribution in [0.4, 0.5) is 0 Å². The molecular weight excluding hydrogens is 300 g/mol. The number of rotatable bonds is 5. The van der Waals surface area contributed by atoms with E-state index in [1.807, 2.05) is 4.90 Å². The van der Waals surface area contributed by atoms with Crippen molar-refractivity contribution in [3.63, 3.8) is 0 Å². The Hall–Kier alpha value is -1.32. The Morgan fingerprint density at radius 1 is 1.04 bits per heavy atom. The molecule has 3 aliphatic rings. The van der Waals surface area contributed by atoms with Gasteiger partial charge in [-0.2, -0.15) is 0 Å². The van der Waals surface area contributed by atoms with E-state index in [0.29, 0.717) is 18.9 Å². The topological polar surface area (TPSA) is 49.4 Å². The van der Waals surface area contributed by atoms with Gasteiger partial charge in [-0.1, -0.05) is 25.3 Å². The first-order valence-electron chi connectivity index (χ1n) is 10.0. The summed E-state index contributed by atoms with van der Waals surface area (Å²) in [7, 11) is 0. The number of allylic oxidation sites excluding steroid dienone is 2. The van der Waals surface area contributed by atoms with Crippen molar-refractivity contribution in [2.45, 2.75) is 77.0 Å². The number of piperidine rings is 1. The van der Waals surface area contributed by atoms with Crippen molar-refractivity contribution in [3.05, 3.63) is 11.8 Å². The zero-order chi connectivity index (χ0) is 16.8. The Bertz CT molecular complexity index is 480. The molecule has 2 amide bonds. The van der Waals surface area contributed by atoms with Gasteiger partial charge in [-0.25, -0.2) is 0 Å². The molecule has 1 saturated heterocycles. The maximum Gasteiger partial charge on any atom is 0.226 e. The molecule has 0 aromatic heterocycles. The van der Waals surface area contributed by atoms with Crippen molar-refractivity contribution in [2.75, 3.05) is 13.1 Å². The van der Waals surface area contributed by atoms with Crippen LogP contribution in [0, 0.1) is 11.8 Å². The van der Waals surface area contributed by atoms with Crippen LogP contribution < -0.4 is 5.32 Å². The zero-order valence-corrected chi connectivity index (χ0v) is 14.9. The third kappa shape index (κ3) is 4.40. The molecule has 1 saturated carbocycles. The van der Waals surface area contributed by atoms with Crippen LogP contribution in [0.15, 0.2) is 11.8 Å². The molecule has 1 unspecified atom stereocenters. The van der Waals surface area contributed by atoms with Crippen molar-refractivity contribution in [2.24, 2.45) is 11.8 Å². The first kappa shape index (κ1) is 17.5. The lowest BCUT2D eigenvalue weighted by atomic mass is 9.85. The highest BCUT2D eigenvalue weighted by Gasteiger charge is 2.29. The van der Waals surface area contributed by atoms with Crippen molar-refractivity contribution in [1.29, 1.82) is 0 Å². The number of nitrogens with zero attached hydrogens (tertiary/aromatic N) is 1. The highest BCUT2D eigenvalue weighted by Crippen LogP contribution is 2.35. The van der Waals surface area contributed by atoms with Crippen LogP contribution in [0.1, 0.15) is 77.0 Å². The van der Waals surface area contributed by atoms with E-state index in [0.717, 1.165) is 38.6 Å². The van der Waals surface area contributed by atoms with Gasteiger partial charge in [-0.3, -0.25) is 9.59 Å². The molecule has 134 valence electrons. The summed E-state index contributed by atoms with van der Waals surface area (Å²) in [6.45, 7) is 1.52. The van der Waals surface area contributed by atoms with Crippen LogP contribution in [-0.4, -0.2) is 29.8 Å². The Labute approximate surface area is 146 Å². The fourth-order valence-electron chi connectivity index (χ4n) is 4.54. The van der Waals surface area contributed by atoms with E-state index >= 15 is 0 Å². The first-order chi connectivity index (χ1) is 11.8. The van der Waals surface area contributed by atoms with Gasteiger partial charge in [-0.05, 0) is 57.3 Å². The molecule has 1 aliphatic heterocycles. The lowest BCUT2D eigenvalue weighted by molar-refractivity contribution is -0.131. The molecule has 1 heterocycles. The molecule has 3 rings (SSSR count). The molecule has 1 N–H and O–H groups in total. The highest BCUT2D eigenvalue weighted by atomic mass is 16.2. The van der Waals surface area contributed by atoms with Crippen LogP contribution in [0.3, 0.4) is 0 Å². The summed E-state index contributed by atoms with van der Waals surface area (Å²) in [4.78, 5) is 26.7. The number of likely N-dealkylation sites (tertiary alicyclic amines) is 1. The van der Waals surface area contributed by atoms with Crippen LogP contribution >= 0.6 is 0 Å². The van der Waals surface area contributed by atoms with Crippen molar-refractivity contribution in [1.82, 2.24) is 10.2 Å². The Morgan fingerprint density at radius 3 is 2.67 bits per heavy atom. The first-order valence-corrected chi connectivity index (χ1v) is 10.0. The highest BCUT2D eigenvalue weighted by molar-refractivity contribution is 5.79. The summed E-state index contributed by atoms with van der Waals surface area (Å²) in [5.41, 5.74) is 1.30. The quantitative estimate of drug-likeness (QED) is 0.779. The van der Waals surface area contributed by atoms with Crippen molar-refractivity contribution < 1.29 is 9.59 Å². The van der Waals surface area contributed by atoms with E-state index in [-0.39, 0.29) is 17.7 Å². The van der Waals surface area contributed by atoms with Gasteiger partial charge in [0, 0.05) is 31.1 Å². The second-order valence-electron chi connectivity index (χ2n) is 7.67. The van der Waals surface area contributed by atoms with Crippen molar-refractivity contribution >= 4 is 11.8 Å². The summed E-state index contributed by atoms with van der Waals surface area (Å²) in [6, 6.07) is 0. The molecule has 0 spiro atoms. The zero-order valence-electron chi connectivity index (χ0n) is 14.9. The summed E-state index contributed by atoms with van der Waals surface area (Å²) in [5, 5.41) is 3.04. The second-order valence-corrected chi connectivity index (χ2v) is 7.67. The SMILES string of the molecule is O=C(NCCCC(=O)N1CCCC2CCCC=C21)C1CCCCC1. The predicted molar refractivity (Wildman–Crippen MR) is 95.2 cm³/mol. The number of nitrogens with one attached hydrogen (secondary N) is 1. The Morgan fingerprint density at radius 2 is 1.83 bits per heavy atom. The van der Waals surface area contributed by atoms with Crippen LogP contribution in [0.2, 0.25) is 0 Å². The molecule has 0 aromatic rings. The molecular formula is C20H32N2O2. The standard InChI is InChI=1S/C20H32N2O2/c23-19(22-15-7-11-16-8-4-5-12-18(16)22)13-6-14-21-20(24)17-9-2-1-3-10-17/h12,16-17H,1-11,13-15H2,(H,21,24). The molecule has 2 aliphatic carbocycles. The van der Waals surface area contributed by atoms with Gasteiger partial charge in [0.25, 0.3) is 0 Å². The van der Waals surface area contributed by atoms with E-state index in [1.54, 1.807) is 0 Å². The van der Waals surface area contributed by atoms with E-state index in [1.165, 1.54) is 44.2 Å². The summed E-state index contributed by atoms with van der Waals surface area (Å²) in [6.07, 6.45) is 15.3. The van der Waals surface area contributed by atoms with Gasteiger partial charge in [0.05, 0.1) is 0 Å². The monoisotopic (exact) mass is 332 g/mol. The molecule has 0 bridgehead atoms. The molecule has 1 atom stereocenters. The van der Waals surface area contributed by atoms with Gasteiger partial charge in [-0.15, -0.1) is 0 Å². The molecule has 2 fully saturated rings. The predicted octanol–water partition coefficient (Wildman–Crippen LogP) is 3.77. The molecule has 0 radical (unpaired) electrons.